The smallest absolute Gasteiger partial charge is 0.166 e. The first-order valence-electron chi connectivity index (χ1n) is 4.96. The van der Waals surface area contributed by atoms with Crippen molar-refractivity contribution in [2.24, 2.45) is 12.8 Å². The molecule has 0 unspecified atom stereocenters. The first-order chi connectivity index (χ1) is 6.74. The summed E-state index contributed by atoms with van der Waals surface area (Å²) in [6, 6.07) is 0. The Morgan fingerprint density at radius 2 is 2.29 bits per heavy atom. The zero-order valence-corrected chi connectivity index (χ0v) is 8.57. The van der Waals surface area contributed by atoms with Crippen LogP contribution in [0.2, 0.25) is 0 Å². The molecule has 0 saturated carbocycles. The molecule has 0 aliphatic rings. The van der Waals surface area contributed by atoms with Crippen LogP contribution in [0.3, 0.4) is 0 Å². The van der Waals surface area contributed by atoms with Crippen LogP contribution in [0.5, 0.6) is 0 Å². The molecule has 0 amide bonds. The predicted molar refractivity (Wildman–Crippen MR) is 55.1 cm³/mol. The van der Waals surface area contributed by atoms with E-state index in [2.05, 4.69) is 5.10 Å². The zero-order chi connectivity index (χ0) is 10.4. The van der Waals surface area contributed by atoms with Gasteiger partial charge in [-0.3, -0.25) is 9.48 Å². The monoisotopic (exact) mass is 195 g/mol. The normalized spacial score (nSPS) is 10.4. The second kappa shape index (κ2) is 5.54. The van der Waals surface area contributed by atoms with Crippen LogP contribution in [-0.2, 0) is 7.05 Å². The van der Waals surface area contributed by atoms with Crippen molar-refractivity contribution in [2.75, 3.05) is 6.54 Å². The van der Waals surface area contributed by atoms with E-state index in [4.69, 9.17) is 5.73 Å². The number of aromatic nitrogens is 2. The number of hydrogen-bond donors (Lipinski definition) is 1. The summed E-state index contributed by atoms with van der Waals surface area (Å²) in [6.45, 7) is 0.709. The molecule has 14 heavy (non-hydrogen) atoms. The van der Waals surface area contributed by atoms with Crippen LogP contribution < -0.4 is 5.73 Å². The number of ketones is 1. The van der Waals surface area contributed by atoms with Gasteiger partial charge in [0.1, 0.15) is 0 Å². The van der Waals surface area contributed by atoms with Gasteiger partial charge in [0, 0.05) is 19.7 Å². The molecule has 4 heteroatoms. The molecule has 0 aromatic carbocycles. The molecule has 78 valence electrons. The molecule has 1 rings (SSSR count). The van der Waals surface area contributed by atoms with Gasteiger partial charge in [-0.1, -0.05) is 6.42 Å². The summed E-state index contributed by atoms with van der Waals surface area (Å²) in [4.78, 5) is 11.5. The maximum absolute atomic E-state index is 11.5. The lowest BCUT2D eigenvalue weighted by Crippen LogP contribution is -2.00. The Morgan fingerprint density at radius 3 is 2.86 bits per heavy atom. The molecule has 0 bridgehead atoms. The number of nitrogens with two attached hydrogens (primary N) is 1. The van der Waals surface area contributed by atoms with E-state index in [-0.39, 0.29) is 5.78 Å². The third-order valence-electron chi connectivity index (χ3n) is 2.13. The summed E-state index contributed by atoms with van der Waals surface area (Å²) in [5, 5.41) is 3.96. The molecule has 1 heterocycles. The van der Waals surface area contributed by atoms with Crippen LogP contribution in [0.15, 0.2) is 12.4 Å². The van der Waals surface area contributed by atoms with E-state index in [1.165, 1.54) is 0 Å². The van der Waals surface area contributed by atoms with Gasteiger partial charge in [-0.2, -0.15) is 5.10 Å². The van der Waals surface area contributed by atoms with E-state index < -0.39 is 0 Å². The molecular formula is C10H17N3O. The van der Waals surface area contributed by atoms with Gasteiger partial charge in [0.15, 0.2) is 5.78 Å². The van der Waals surface area contributed by atoms with Gasteiger partial charge in [0.2, 0.25) is 0 Å². The average Bonchev–Trinajstić information content (AvgIpc) is 2.59. The first kappa shape index (κ1) is 10.9. The Hall–Kier alpha value is -1.16. The van der Waals surface area contributed by atoms with Crippen molar-refractivity contribution in [1.29, 1.82) is 0 Å². The Kier molecular flexibility index (Phi) is 4.32. The fourth-order valence-electron chi connectivity index (χ4n) is 1.32. The number of rotatable bonds is 6. The van der Waals surface area contributed by atoms with E-state index in [0.717, 1.165) is 19.3 Å². The summed E-state index contributed by atoms with van der Waals surface area (Å²) < 4.78 is 1.65. The van der Waals surface area contributed by atoms with Crippen LogP contribution in [0.1, 0.15) is 36.0 Å². The van der Waals surface area contributed by atoms with Gasteiger partial charge >= 0.3 is 0 Å². The molecule has 0 radical (unpaired) electrons. The van der Waals surface area contributed by atoms with Crippen LogP contribution >= 0.6 is 0 Å². The molecule has 0 aliphatic heterocycles. The lowest BCUT2D eigenvalue weighted by atomic mass is 10.1. The van der Waals surface area contributed by atoms with Gasteiger partial charge < -0.3 is 5.73 Å². The molecule has 0 spiro atoms. The third kappa shape index (κ3) is 3.30. The number of hydrogen-bond acceptors (Lipinski definition) is 3. The highest BCUT2D eigenvalue weighted by Gasteiger charge is 2.06. The quantitative estimate of drug-likeness (QED) is 0.546. The summed E-state index contributed by atoms with van der Waals surface area (Å²) in [7, 11) is 1.81. The van der Waals surface area contributed by atoms with Gasteiger partial charge in [0.05, 0.1) is 11.8 Å². The minimum atomic E-state index is 0.176. The van der Waals surface area contributed by atoms with E-state index >= 15 is 0 Å². The molecule has 0 fully saturated rings. The molecule has 2 N–H and O–H groups in total. The highest BCUT2D eigenvalue weighted by molar-refractivity contribution is 5.95. The minimum Gasteiger partial charge on any atom is -0.330 e. The van der Waals surface area contributed by atoms with Crippen LogP contribution in [0, 0.1) is 0 Å². The first-order valence-corrected chi connectivity index (χ1v) is 4.96. The average molecular weight is 195 g/mol. The molecule has 0 aliphatic carbocycles. The molecule has 0 saturated heterocycles. The maximum atomic E-state index is 11.5. The van der Waals surface area contributed by atoms with Gasteiger partial charge in [-0.15, -0.1) is 0 Å². The number of Topliss-reactive ketones (excluding diaryl/α,β-unsaturated/α-hetero) is 1. The minimum absolute atomic E-state index is 0.176. The highest BCUT2D eigenvalue weighted by Crippen LogP contribution is 2.06. The van der Waals surface area contributed by atoms with Gasteiger partial charge in [0.25, 0.3) is 0 Å². The summed E-state index contributed by atoms with van der Waals surface area (Å²) in [6.07, 6.45) is 6.93. The molecule has 1 aromatic rings. The van der Waals surface area contributed by atoms with Crippen LogP contribution in [0.4, 0.5) is 0 Å². The third-order valence-corrected chi connectivity index (χ3v) is 2.13. The Balaban J connectivity index is 2.29. The van der Waals surface area contributed by atoms with Crippen LogP contribution in [0.25, 0.3) is 0 Å². The second-order valence-electron chi connectivity index (χ2n) is 3.43. The van der Waals surface area contributed by atoms with E-state index in [1.54, 1.807) is 17.1 Å². The highest BCUT2D eigenvalue weighted by atomic mass is 16.1. The second-order valence-corrected chi connectivity index (χ2v) is 3.43. The standard InChI is InChI=1S/C10H17N3O/c1-13-8-9(7-12-13)10(14)5-3-2-4-6-11/h7-8H,2-6,11H2,1H3. The number of aryl methyl sites for hydroxylation is 1. The van der Waals surface area contributed by atoms with Crippen molar-refractivity contribution in [3.63, 3.8) is 0 Å². The van der Waals surface area contributed by atoms with Crippen molar-refractivity contribution < 1.29 is 4.79 Å². The zero-order valence-electron chi connectivity index (χ0n) is 8.57. The van der Waals surface area contributed by atoms with Crippen LogP contribution in [-0.4, -0.2) is 22.1 Å². The van der Waals surface area contributed by atoms with E-state index in [9.17, 15) is 4.79 Å². The topological polar surface area (TPSA) is 60.9 Å². The van der Waals surface area contributed by atoms with E-state index in [1.807, 2.05) is 7.05 Å². The van der Waals surface area contributed by atoms with E-state index in [0.29, 0.717) is 18.5 Å². The summed E-state index contributed by atoms with van der Waals surface area (Å²) >= 11 is 0. The Morgan fingerprint density at radius 1 is 1.50 bits per heavy atom. The summed E-state index contributed by atoms with van der Waals surface area (Å²) in [5.41, 5.74) is 6.07. The Labute approximate surface area is 84.1 Å². The van der Waals surface area contributed by atoms with Crippen molar-refractivity contribution in [1.82, 2.24) is 9.78 Å². The van der Waals surface area contributed by atoms with Gasteiger partial charge in [-0.05, 0) is 19.4 Å². The Bertz CT molecular complexity index is 293. The number of carbonyl (C=O) groups is 1. The lowest BCUT2D eigenvalue weighted by molar-refractivity contribution is 0.0979. The molecule has 4 nitrogen and oxygen atoms in total. The largest absolute Gasteiger partial charge is 0.330 e. The lowest BCUT2D eigenvalue weighted by Gasteiger charge is -1.97. The SMILES string of the molecule is Cn1cc(C(=O)CCCCCN)cn1. The van der Waals surface area contributed by atoms with Crippen molar-refractivity contribution in [2.45, 2.75) is 25.7 Å². The van der Waals surface area contributed by atoms with Gasteiger partial charge in [-0.25, -0.2) is 0 Å². The fourth-order valence-corrected chi connectivity index (χ4v) is 1.32. The number of unbranched alkanes of at least 4 members (excludes halogenated alkanes) is 2. The fraction of sp³-hybridized carbons (Fsp3) is 0.600. The number of carbonyl (C=O) groups excluding carboxylic acids is 1. The molecular weight excluding hydrogens is 178 g/mol. The molecule has 1 aromatic heterocycles. The van der Waals surface area contributed by atoms with Crippen molar-refractivity contribution >= 4 is 5.78 Å². The van der Waals surface area contributed by atoms with Crippen molar-refractivity contribution in [3.05, 3.63) is 18.0 Å². The number of nitrogens with zero attached hydrogens (tertiary/aromatic N) is 2. The molecule has 0 atom stereocenters. The predicted octanol–water partition coefficient (Wildman–Crippen LogP) is 1.12. The maximum Gasteiger partial charge on any atom is 0.166 e. The van der Waals surface area contributed by atoms with Crippen molar-refractivity contribution in [3.8, 4) is 0 Å². The summed E-state index contributed by atoms with van der Waals surface area (Å²) in [5.74, 6) is 0.176.